The van der Waals surface area contributed by atoms with Crippen LogP contribution in [0.2, 0.25) is 0 Å². The standard InChI is InChI=1S/C16H22O3/c1-4-10-7-14(2)5-6-15(3)8-11(17)16(10,13(14)15)9-12(18)19/h4,10,13H,1,5-9H2,2-3H3,(H,18,19)/t10-,13-,14+,15-,16+/m1/s1. The Balaban J connectivity index is 2.18. The molecule has 0 unspecified atom stereocenters. The summed E-state index contributed by atoms with van der Waals surface area (Å²) in [5.41, 5.74) is -0.540. The molecule has 3 aliphatic carbocycles. The normalized spacial score (nSPS) is 51.4. The largest absolute Gasteiger partial charge is 0.481 e. The van der Waals surface area contributed by atoms with Gasteiger partial charge < -0.3 is 5.11 Å². The van der Waals surface area contributed by atoms with Crippen LogP contribution in [-0.2, 0) is 9.59 Å². The van der Waals surface area contributed by atoms with E-state index in [0.29, 0.717) is 6.42 Å². The third-order valence-electron chi connectivity index (χ3n) is 6.34. The number of carboxylic acid groups (broad SMARTS) is 1. The molecule has 0 aromatic carbocycles. The van der Waals surface area contributed by atoms with Crippen LogP contribution in [0.4, 0.5) is 0 Å². The highest BCUT2D eigenvalue weighted by molar-refractivity contribution is 5.93. The number of rotatable bonds is 3. The van der Waals surface area contributed by atoms with Crippen molar-refractivity contribution in [1.29, 1.82) is 0 Å². The van der Waals surface area contributed by atoms with Crippen molar-refractivity contribution in [1.82, 2.24) is 0 Å². The highest BCUT2D eigenvalue weighted by Crippen LogP contribution is 2.76. The second kappa shape index (κ2) is 3.50. The summed E-state index contributed by atoms with van der Waals surface area (Å²) in [5, 5.41) is 9.32. The van der Waals surface area contributed by atoms with E-state index in [0.717, 1.165) is 19.3 Å². The van der Waals surface area contributed by atoms with Gasteiger partial charge in [0.1, 0.15) is 5.78 Å². The van der Waals surface area contributed by atoms with E-state index < -0.39 is 11.4 Å². The van der Waals surface area contributed by atoms with E-state index in [1.165, 1.54) is 0 Å². The summed E-state index contributed by atoms with van der Waals surface area (Å²) in [6.07, 6.45) is 5.49. The van der Waals surface area contributed by atoms with E-state index in [2.05, 4.69) is 20.4 Å². The molecule has 3 aliphatic rings. The topological polar surface area (TPSA) is 54.4 Å². The number of carbonyl (C=O) groups excluding carboxylic acids is 1. The Morgan fingerprint density at radius 3 is 2.63 bits per heavy atom. The molecular formula is C16H22O3. The molecule has 5 atom stereocenters. The number of carbonyl (C=O) groups is 2. The summed E-state index contributed by atoms with van der Waals surface area (Å²) in [6, 6.07) is 0. The van der Waals surface area contributed by atoms with Crippen LogP contribution in [0.15, 0.2) is 12.7 Å². The predicted octanol–water partition coefficient (Wildman–Crippen LogP) is 3.05. The van der Waals surface area contributed by atoms with E-state index >= 15 is 0 Å². The maximum atomic E-state index is 12.7. The third-order valence-corrected chi connectivity index (χ3v) is 6.34. The second-order valence-electron chi connectivity index (χ2n) is 7.50. The van der Waals surface area contributed by atoms with Crippen LogP contribution >= 0.6 is 0 Å². The first kappa shape index (κ1) is 12.9. The van der Waals surface area contributed by atoms with Crippen LogP contribution in [-0.4, -0.2) is 16.9 Å². The van der Waals surface area contributed by atoms with Crippen LogP contribution in [0.5, 0.6) is 0 Å². The third kappa shape index (κ3) is 1.34. The van der Waals surface area contributed by atoms with Crippen LogP contribution in [0, 0.1) is 28.1 Å². The molecule has 0 amide bonds. The van der Waals surface area contributed by atoms with E-state index in [1.54, 1.807) is 0 Å². The maximum Gasteiger partial charge on any atom is 0.304 e. The second-order valence-corrected chi connectivity index (χ2v) is 7.50. The highest BCUT2D eigenvalue weighted by Gasteiger charge is 2.74. The highest BCUT2D eigenvalue weighted by atomic mass is 16.4. The van der Waals surface area contributed by atoms with Crippen molar-refractivity contribution in [3.63, 3.8) is 0 Å². The lowest BCUT2D eigenvalue weighted by Gasteiger charge is -2.37. The number of hydrogen-bond acceptors (Lipinski definition) is 2. The van der Waals surface area contributed by atoms with Gasteiger partial charge in [-0.05, 0) is 41.9 Å². The zero-order chi connectivity index (χ0) is 14.1. The maximum absolute atomic E-state index is 12.7. The molecule has 3 nitrogen and oxygen atoms in total. The summed E-state index contributed by atoms with van der Waals surface area (Å²) in [5.74, 6) is -0.413. The lowest BCUT2D eigenvalue weighted by molar-refractivity contribution is -0.145. The molecule has 3 heteroatoms. The van der Waals surface area contributed by atoms with E-state index in [9.17, 15) is 14.7 Å². The number of hydrogen-bond donors (Lipinski definition) is 1. The van der Waals surface area contributed by atoms with Crippen molar-refractivity contribution < 1.29 is 14.7 Å². The number of carboxylic acids is 1. The molecule has 0 heterocycles. The minimum absolute atomic E-state index is 0.0129. The molecule has 3 fully saturated rings. The molecule has 0 radical (unpaired) electrons. The number of aliphatic carboxylic acids is 1. The lowest BCUT2D eigenvalue weighted by atomic mass is 9.65. The van der Waals surface area contributed by atoms with E-state index in [-0.39, 0.29) is 34.9 Å². The molecule has 3 rings (SSSR count). The first-order valence-electron chi connectivity index (χ1n) is 7.16. The fourth-order valence-electron chi connectivity index (χ4n) is 6.03. The van der Waals surface area contributed by atoms with Gasteiger partial charge in [0.15, 0.2) is 0 Å². The average molecular weight is 262 g/mol. The van der Waals surface area contributed by atoms with Gasteiger partial charge in [0.05, 0.1) is 6.42 Å². The van der Waals surface area contributed by atoms with Gasteiger partial charge in [-0.15, -0.1) is 6.58 Å². The van der Waals surface area contributed by atoms with Crippen LogP contribution < -0.4 is 0 Å². The van der Waals surface area contributed by atoms with Crippen LogP contribution in [0.3, 0.4) is 0 Å². The first-order valence-corrected chi connectivity index (χ1v) is 7.16. The summed E-state index contributed by atoms with van der Waals surface area (Å²) in [7, 11) is 0. The molecular weight excluding hydrogens is 240 g/mol. The minimum atomic E-state index is -0.847. The van der Waals surface area contributed by atoms with Crippen molar-refractivity contribution in [3.8, 4) is 0 Å². The zero-order valence-corrected chi connectivity index (χ0v) is 11.7. The summed E-state index contributed by atoms with van der Waals surface area (Å²) in [6.45, 7) is 8.32. The predicted molar refractivity (Wildman–Crippen MR) is 71.6 cm³/mol. The van der Waals surface area contributed by atoms with Crippen molar-refractivity contribution in [2.75, 3.05) is 0 Å². The number of allylic oxidation sites excluding steroid dienone is 1. The summed E-state index contributed by atoms with van der Waals surface area (Å²) >= 11 is 0. The van der Waals surface area contributed by atoms with Gasteiger partial charge in [-0.25, -0.2) is 0 Å². The van der Waals surface area contributed by atoms with Gasteiger partial charge in [0.2, 0.25) is 0 Å². The van der Waals surface area contributed by atoms with Crippen LogP contribution in [0.1, 0.15) is 46.0 Å². The van der Waals surface area contributed by atoms with Gasteiger partial charge >= 0.3 is 5.97 Å². The molecule has 0 aliphatic heterocycles. The fraction of sp³-hybridized carbons (Fsp3) is 0.750. The van der Waals surface area contributed by atoms with Gasteiger partial charge in [0, 0.05) is 11.8 Å². The number of ketones is 1. The van der Waals surface area contributed by atoms with Crippen molar-refractivity contribution in [2.24, 2.45) is 28.1 Å². The molecule has 0 aromatic heterocycles. The van der Waals surface area contributed by atoms with E-state index in [1.807, 2.05) is 6.08 Å². The Labute approximate surface area is 114 Å². The lowest BCUT2D eigenvalue weighted by Crippen LogP contribution is -2.39. The van der Waals surface area contributed by atoms with Gasteiger partial charge in [-0.3, -0.25) is 9.59 Å². The molecule has 0 saturated heterocycles. The van der Waals surface area contributed by atoms with Gasteiger partial charge in [-0.1, -0.05) is 19.9 Å². The van der Waals surface area contributed by atoms with Crippen molar-refractivity contribution in [3.05, 3.63) is 12.7 Å². The summed E-state index contributed by atoms with van der Waals surface area (Å²) < 4.78 is 0. The quantitative estimate of drug-likeness (QED) is 0.795. The Bertz CT molecular complexity index is 482. The molecule has 1 N–H and O–H groups in total. The van der Waals surface area contributed by atoms with Gasteiger partial charge in [0.25, 0.3) is 0 Å². The molecule has 0 spiro atoms. The molecule has 0 bridgehead atoms. The Morgan fingerprint density at radius 1 is 1.42 bits per heavy atom. The van der Waals surface area contributed by atoms with E-state index in [4.69, 9.17) is 0 Å². The monoisotopic (exact) mass is 262 g/mol. The van der Waals surface area contributed by atoms with Crippen molar-refractivity contribution >= 4 is 11.8 Å². The Hall–Kier alpha value is -1.12. The minimum Gasteiger partial charge on any atom is -0.481 e. The molecule has 19 heavy (non-hydrogen) atoms. The first-order chi connectivity index (χ1) is 8.78. The molecule has 104 valence electrons. The van der Waals surface area contributed by atoms with Crippen molar-refractivity contribution in [2.45, 2.75) is 46.0 Å². The SMILES string of the molecule is C=C[C@@H]1C[C@]2(C)CC[C@]3(C)CC(=O)[C@@]1(CC(=O)O)[C@H]23. The Kier molecular flexibility index (Phi) is 2.37. The molecule has 0 aromatic rings. The zero-order valence-electron chi connectivity index (χ0n) is 11.7. The van der Waals surface area contributed by atoms with Crippen LogP contribution in [0.25, 0.3) is 0 Å². The summed E-state index contributed by atoms with van der Waals surface area (Å²) in [4.78, 5) is 24.1. The smallest absolute Gasteiger partial charge is 0.304 e. The van der Waals surface area contributed by atoms with Gasteiger partial charge in [-0.2, -0.15) is 0 Å². The number of Topliss-reactive ketones (excluding diaryl/α,β-unsaturated/α-hetero) is 1. The Morgan fingerprint density at radius 2 is 2.05 bits per heavy atom. The fourth-order valence-corrected chi connectivity index (χ4v) is 6.03. The molecule has 3 saturated carbocycles. The average Bonchev–Trinajstić information content (AvgIpc) is 2.79.